The predicted octanol–water partition coefficient (Wildman–Crippen LogP) is 0.797. The molecule has 0 bridgehead atoms. The molecule has 0 aromatic carbocycles. The summed E-state index contributed by atoms with van der Waals surface area (Å²) in [7, 11) is 0. The summed E-state index contributed by atoms with van der Waals surface area (Å²) in [4.78, 5) is 36.0. The molecule has 0 radical (unpaired) electrons. The zero-order valence-corrected chi connectivity index (χ0v) is 12.7. The molecule has 1 aliphatic heterocycles. The number of likely N-dealkylation sites (tertiary alicyclic amines) is 1. The Morgan fingerprint density at radius 2 is 2.00 bits per heavy atom. The highest BCUT2D eigenvalue weighted by atomic mass is 16.4. The lowest BCUT2D eigenvalue weighted by Gasteiger charge is -2.31. The zero-order chi connectivity index (χ0) is 15.8. The van der Waals surface area contributed by atoms with Gasteiger partial charge in [0.05, 0.1) is 6.54 Å². The van der Waals surface area contributed by atoms with Gasteiger partial charge in [-0.05, 0) is 31.7 Å². The fourth-order valence-corrected chi connectivity index (χ4v) is 2.33. The van der Waals surface area contributed by atoms with Crippen LogP contribution in [-0.4, -0.2) is 53.6 Å². The van der Waals surface area contributed by atoms with Crippen LogP contribution in [0.1, 0.15) is 39.5 Å². The predicted molar refractivity (Wildman–Crippen MR) is 77.8 cm³/mol. The van der Waals surface area contributed by atoms with Crippen LogP contribution in [0.4, 0.5) is 4.79 Å². The third-order valence-electron chi connectivity index (χ3n) is 3.51. The van der Waals surface area contributed by atoms with Crippen LogP contribution in [-0.2, 0) is 9.59 Å². The first-order chi connectivity index (χ1) is 9.90. The summed E-state index contributed by atoms with van der Waals surface area (Å²) in [5.74, 6) is -0.903. The van der Waals surface area contributed by atoms with Gasteiger partial charge in [-0.3, -0.25) is 19.8 Å². The smallest absolute Gasteiger partial charge is 0.321 e. The molecule has 1 rings (SSSR count). The molecule has 1 fully saturated rings. The summed E-state index contributed by atoms with van der Waals surface area (Å²) in [6, 6.07) is -1.15. The lowest BCUT2D eigenvalue weighted by molar-refractivity contribution is -0.145. The third-order valence-corrected chi connectivity index (χ3v) is 3.51. The summed E-state index contributed by atoms with van der Waals surface area (Å²) in [5, 5.41) is 14.0. The summed E-state index contributed by atoms with van der Waals surface area (Å²) >= 11 is 0. The number of carbonyl (C=O) groups is 3. The molecule has 7 heteroatoms. The molecule has 0 saturated carbocycles. The minimum Gasteiger partial charge on any atom is -0.480 e. The van der Waals surface area contributed by atoms with Gasteiger partial charge in [0, 0.05) is 6.54 Å². The summed E-state index contributed by atoms with van der Waals surface area (Å²) < 4.78 is 0. The monoisotopic (exact) mass is 299 g/mol. The van der Waals surface area contributed by atoms with Crippen LogP contribution in [0.2, 0.25) is 0 Å². The second-order valence-corrected chi connectivity index (χ2v) is 5.81. The van der Waals surface area contributed by atoms with Gasteiger partial charge < -0.3 is 10.4 Å². The number of imide groups is 1. The van der Waals surface area contributed by atoms with Gasteiger partial charge in [0.1, 0.15) is 6.04 Å². The maximum absolute atomic E-state index is 11.8. The van der Waals surface area contributed by atoms with Crippen molar-refractivity contribution >= 4 is 17.9 Å². The van der Waals surface area contributed by atoms with Gasteiger partial charge in [0.15, 0.2) is 0 Å². The topological polar surface area (TPSA) is 98.7 Å². The highest BCUT2D eigenvalue weighted by Crippen LogP contribution is 2.16. The van der Waals surface area contributed by atoms with E-state index < -0.39 is 23.9 Å². The number of urea groups is 1. The number of hydrogen-bond donors (Lipinski definition) is 3. The van der Waals surface area contributed by atoms with E-state index in [9.17, 15) is 14.4 Å². The normalized spacial score (nSPS) is 19.3. The molecular formula is C14H25N3O4. The van der Waals surface area contributed by atoms with Crippen LogP contribution < -0.4 is 10.6 Å². The number of nitrogens with zero attached hydrogens (tertiary/aromatic N) is 1. The SMILES string of the molecule is CC(C)CCNC(=O)NC(=O)CN1CCCCC1C(=O)O. The van der Waals surface area contributed by atoms with Crippen LogP contribution in [0.15, 0.2) is 0 Å². The highest BCUT2D eigenvalue weighted by Gasteiger charge is 2.29. The highest BCUT2D eigenvalue weighted by molar-refractivity contribution is 5.95. The van der Waals surface area contributed by atoms with Crippen molar-refractivity contribution in [3.8, 4) is 0 Å². The molecule has 1 saturated heterocycles. The van der Waals surface area contributed by atoms with Crippen LogP contribution in [0.3, 0.4) is 0 Å². The molecule has 3 N–H and O–H groups in total. The van der Waals surface area contributed by atoms with Crippen molar-refractivity contribution in [2.24, 2.45) is 5.92 Å². The van der Waals surface area contributed by atoms with Crippen LogP contribution >= 0.6 is 0 Å². The molecule has 1 heterocycles. The molecule has 0 spiro atoms. The molecular weight excluding hydrogens is 274 g/mol. The first-order valence-electron chi connectivity index (χ1n) is 7.44. The largest absolute Gasteiger partial charge is 0.480 e. The first-order valence-corrected chi connectivity index (χ1v) is 7.44. The molecule has 1 aliphatic rings. The number of piperidine rings is 1. The fourth-order valence-electron chi connectivity index (χ4n) is 2.33. The number of rotatable bonds is 6. The van der Waals surface area contributed by atoms with Gasteiger partial charge in [0.2, 0.25) is 5.91 Å². The number of amides is 3. The van der Waals surface area contributed by atoms with Gasteiger partial charge >= 0.3 is 12.0 Å². The van der Waals surface area contributed by atoms with Gasteiger partial charge in [-0.2, -0.15) is 0 Å². The van der Waals surface area contributed by atoms with Crippen molar-refractivity contribution in [1.82, 2.24) is 15.5 Å². The number of carbonyl (C=O) groups excluding carboxylic acids is 2. The van der Waals surface area contributed by atoms with Crippen LogP contribution in [0.5, 0.6) is 0 Å². The van der Waals surface area contributed by atoms with E-state index in [1.807, 2.05) is 13.8 Å². The van der Waals surface area contributed by atoms with Crippen molar-refractivity contribution in [1.29, 1.82) is 0 Å². The Hall–Kier alpha value is -1.63. The van der Waals surface area contributed by atoms with Crippen molar-refractivity contribution in [2.75, 3.05) is 19.6 Å². The molecule has 0 aromatic rings. The fraction of sp³-hybridized carbons (Fsp3) is 0.786. The zero-order valence-electron chi connectivity index (χ0n) is 12.7. The number of carboxylic acid groups (broad SMARTS) is 1. The Labute approximate surface area is 125 Å². The first kappa shape index (κ1) is 17.4. The van der Waals surface area contributed by atoms with E-state index >= 15 is 0 Å². The summed E-state index contributed by atoms with van der Waals surface area (Å²) in [6.45, 7) is 5.12. The van der Waals surface area contributed by atoms with Crippen molar-refractivity contribution < 1.29 is 19.5 Å². The quantitative estimate of drug-likeness (QED) is 0.674. The minimum atomic E-state index is -0.913. The Bertz CT molecular complexity index is 384. The standard InChI is InChI=1S/C14H25N3O4/c1-10(2)6-7-15-14(21)16-12(18)9-17-8-4-3-5-11(17)13(19)20/h10-11H,3-9H2,1-2H3,(H,19,20)(H2,15,16,18,21). The Kier molecular flexibility index (Phi) is 7.14. The van der Waals surface area contributed by atoms with Crippen molar-refractivity contribution in [3.63, 3.8) is 0 Å². The van der Waals surface area contributed by atoms with Crippen LogP contribution in [0, 0.1) is 5.92 Å². The van der Waals surface area contributed by atoms with E-state index in [-0.39, 0.29) is 6.54 Å². The lowest BCUT2D eigenvalue weighted by atomic mass is 10.0. The molecule has 0 aromatic heterocycles. The lowest BCUT2D eigenvalue weighted by Crippen LogP contribution is -2.51. The Balaban J connectivity index is 2.34. The molecule has 1 unspecified atom stereocenters. The van der Waals surface area contributed by atoms with Crippen molar-refractivity contribution in [2.45, 2.75) is 45.6 Å². The Morgan fingerprint density at radius 1 is 1.29 bits per heavy atom. The number of hydrogen-bond acceptors (Lipinski definition) is 4. The molecule has 0 aliphatic carbocycles. The number of carboxylic acids is 1. The maximum atomic E-state index is 11.8. The van der Waals surface area contributed by atoms with E-state index in [4.69, 9.17) is 5.11 Å². The molecule has 21 heavy (non-hydrogen) atoms. The van der Waals surface area contributed by atoms with E-state index in [2.05, 4.69) is 10.6 Å². The van der Waals surface area contributed by atoms with E-state index in [1.165, 1.54) is 0 Å². The second kappa shape index (κ2) is 8.61. The van der Waals surface area contributed by atoms with Gasteiger partial charge in [-0.25, -0.2) is 4.79 Å². The third kappa shape index (κ3) is 6.57. The van der Waals surface area contributed by atoms with E-state index in [0.29, 0.717) is 25.4 Å². The minimum absolute atomic E-state index is 0.0609. The molecule has 1 atom stereocenters. The van der Waals surface area contributed by atoms with Crippen LogP contribution in [0.25, 0.3) is 0 Å². The number of nitrogens with one attached hydrogen (secondary N) is 2. The van der Waals surface area contributed by atoms with Gasteiger partial charge in [-0.15, -0.1) is 0 Å². The molecule has 3 amide bonds. The molecule has 7 nitrogen and oxygen atoms in total. The number of aliphatic carboxylic acids is 1. The second-order valence-electron chi connectivity index (χ2n) is 5.81. The maximum Gasteiger partial charge on any atom is 0.321 e. The summed E-state index contributed by atoms with van der Waals surface area (Å²) in [6.07, 6.45) is 3.11. The van der Waals surface area contributed by atoms with Gasteiger partial charge in [-0.1, -0.05) is 20.3 Å². The molecule has 120 valence electrons. The van der Waals surface area contributed by atoms with Crippen molar-refractivity contribution in [3.05, 3.63) is 0 Å². The van der Waals surface area contributed by atoms with E-state index in [0.717, 1.165) is 19.3 Å². The average molecular weight is 299 g/mol. The average Bonchev–Trinajstić information content (AvgIpc) is 2.38. The van der Waals surface area contributed by atoms with Gasteiger partial charge in [0.25, 0.3) is 0 Å². The Morgan fingerprint density at radius 3 is 2.62 bits per heavy atom. The summed E-state index contributed by atoms with van der Waals surface area (Å²) in [5.41, 5.74) is 0. The van der Waals surface area contributed by atoms with E-state index in [1.54, 1.807) is 4.90 Å².